The fraction of sp³-hybridized carbons (Fsp3) is 0.118. The van der Waals surface area contributed by atoms with Crippen LogP contribution in [0.1, 0.15) is 34.7 Å². The van der Waals surface area contributed by atoms with E-state index < -0.39 is 17.7 Å². The Morgan fingerprint density at radius 2 is 1.70 bits per heavy atom. The number of hydrogen-bond acceptors (Lipinski definition) is 4. The summed E-state index contributed by atoms with van der Waals surface area (Å²) in [6, 6.07) is 2.94. The highest BCUT2D eigenvalue weighted by Crippen LogP contribution is 2.36. The first kappa shape index (κ1) is 20.2. The number of ketones is 1. The molecule has 3 rings (SSSR count). The van der Waals surface area contributed by atoms with Gasteiger partial charge in [-0.2, -0.15) is 0 Å². The van der Waals surface area contributed by atoms with Gasteiger partial charge in [-0.1, -0.05) is 5.46 Å². The number of carbonyl (C=O) groups excluding carboxylic acids is 1. The van der Waals surface area contributed by atoms with E-state index in [2.05, 4.69) is 31.9 Å². The maximum atomic E-state index is 14.7. The number of benzene rings is 2. The molecule has 1 unspecified atom stereocenters. The molecule has 27 heavy (non-hydrogen) atoms. The Morgan fingerprint density at radius 1 is 1.15 bits per heavy atom. The summed E-state index contributed by atoms with van der Waals surface area (Å²) in [5, 5.41) is 20.4. The molecule has 10 heteroatoms. The Bertz CT molecular complexity index is 1090. The van der Waals surface area contributed by atoms with Gasteiger partial charge in [0.15, 0.2) is 5.78 Å². The molecular weight excluding hydrogens is 479 g/mol. The number of fused-ring (bicyclic) bond motifs is 1. The van der Waals surface area contributed by atoms with E-state index in [9.17, 15) is 19.4 Å². The first-order valence-corrected chi connectivity index (χ1v) is 9.77. The van der Waals surface area contributed by atoms with E-state index >= 15 is 0 Å². The molecule has 0 saturated heterocycles. The third kappa shape index (κ3) is 3.17. The van der Waals surface area contributed by atoms with Crippen LogP contribution < -0.4 is 16.4 Å². The molecule has 1 heterocycles. The molecule has 0 fully saturated rings. The Kier molecular flexibility index (Phi) is 5.36. The summed E-state index contributed by atoms with van der Waals surface area (Å²) >= 11 is 6.42. The van der Waals surface area contributed by atoms with Crippen LogP contribution in [-0.2, 0) is 0 Å². The molecule has 0 amide bonds. The Hall–Kier alpha value is -1.51. The number of hydrogen-bond donors (Lipinski definition) is 2. The third-order valence-electron chi connectivity index (χ3n) is 4.76. The lowest BCUT2D eigenvalue weighted by atomic mass is 9.74. The van der Waals surface area contributed by atoms with Gasteiger partial charge in [-0.3, -0.25) is 4.79 Å². The number of aliphatic hydroxyl groups is 1. The van der Waals surface area contributed by atoms with Crippen LogP contribution >= 0.6 is 31.9 Å². The number of aromatic hydroxyl groups is 1. The van der Waals surface area contributed by atoms with Crippen molar-refractivity contribution in [2.45, 2.75) is 13.0 Å². The molecule has 1 atom stereocenters. The quantitative estimate of drug-likeness (QED) is 0.394. The fourth-order valence-corrected chi connectivity index (χ4v) is 4.34. The van der Waals surface area contributed by atoms with Crippen molar-refractivity contribution in [3.8, 4) is 5.75 Å². The summed E-state index contributed by atoms with van der Waals surface area (Å²) in [4.78, 5) is 13.3. The summed E-state index contributed by atoms with van der Waals surface area (Å²) in [5.74, 6) is -0.781. The van der Waals surface area contributed by atoms with E-state index in [0.717, 1.165) is 0 Å². The van der Waals surface area contributed by atoms with Crippen LogP contribution in [0.2, 0.25) is 0 Å². The molecular formula is C17H14B3Br2FO4. The van der Waals surface area contributed by atoms with Gasteiger partial charge in [-0.15, -0.1) is 0 Å². The van der Waals surface area contributed by atoms with Gasteiger partial charge in [0.1, 0.15) is 52.6 Å². The lowest BCUT2D eigenvalue weighted by Gasteiger charge is -2.10. The minimum Gasteiger partial charge on any atom is -0.506 e. The summed E-state index contributed by atoms with van der Waals surface area (Å²) in [6.45, 7) is 1.49. The molecule has 0 aliphatic carbocycles. The normalized spacial score (nSPS) is 12.5. The van der Waals surface area contributed by atoms with Crippen LogP contribution in [0, 0.1) is 5.82 Å². The van der Waals surface area contributed by atoms with E-state index in [1.807, 2.05) is 0 Å². The summed E-state index contributed by atoms with van der Waals surface area (Å²) < 4.78 is 21.2. The lowest BCUT2D eigenvalue weighted by molar-refractivity contribution is 0.102. The highest BCUT2D eigenvalue weighted by atomic mass is 79.9. The molecule has 0 bridgehead atoms. The Balaban J connectivity index is 2.40. The number of carbonyl (C=O) groups is 1. The van der Waals surface area contributed by atoms with Crippen molar-refractivity contribution in [2.24, 2.45) is 0 Å². The van der Waals surface area contributed by atoms with Gasteiger partial charge in [0.25, 0.3) is 0 Å². The maximum Gasteiger partial charge on any atom is 0.197 e. The van der Waals surface area contributed by atoms with E-state index in [1.165, 1.54) is 19.1 Å². The molecule has 0 spiro atoms. The number of furan rings is 1. The van der Waals surface area contributed by atoms with Crippen LogP contribution in [0.5, 0.6) is 5.75 Å². The van der Waals surface area contributed by atoms with Gasteiger partial charge >= 0.3 is 0 Å². The van der Waals surface area contributed by atoms with E-state index in [4.69, 9.17) is 4.42 Å². The first-order chi connectivity index (χ1) is 12.6. The number of phenols is 1. The molecule has 3 aromatic rings. The van der Waals surface area contributed by atoms with Crippen LogP contribution in [0.3, 0.4) is 0 Å². The van der Waals surface area contributed by atoms with Crippen molar-refractivity contribution in [1.29, 1.82) is 0 Å². The summed E-state index contributed by atoms with van der Waals surface area (Å²) in [6.07, 6.45) is -1.05. The van der Waals surface area contributed by atoms with Gasteiger partial charge in [0.2, 0.25) is 0 Å². The minimum absolute atomic E-state index is 0.0342. The Morgan fingerprint density at radius 3 is 2.22 bits per heavy atom. The zero-order valence-electron chi connectivity index (χ0n) is 15.1. The van der Waals surface area contributed by atoms with Gasteiger partial charge in [0, 0.05) is 10.9 Å². The number of rotatable bonds is 3. The molecule has 4 nitrogen and oxygen atoms in total. The molecule has 1 aromatic heterocycles. The van der Waals surface area contributed by atoms with Gasteiger partial charge in [-0.05, 0) is 61.8 Å². The first-order valence-electron chi connectivity index (χ1n) is 8.18. The molecule has 136 valence electrons. The zero-order valence-corrected chi connectivity index (χ0v) is 18.2. The Labute approximate surface area is 174 Å². The second-order valence-corrected chi connectivity index (χ2v) is 8.24. The monoisotopic (exact) mass is 492 g/mol. The second-order valence-electron chi connectivity index (χ2n) is 6.53. The summed E-state index contributed by atoms with van der Waals surface area (Å²) in [5.41, 5.74) is 2.10. The van der Waals surface area contributed by atoms with Gasteiger partial charge in [0.05, 0.1) is 14.5 Å². The van der Waals surface area contributed by atoms with Crippen molar-refractivity contribution in [3.05, 3.63) is 43.8 Å². The number of halogens is 3. The van der Waals surface area contributed by atoms with E-state index in [-0.39, 0.29) is 22.6 Å². The van der Waals surface area contributed by atoms with Crippen molar-refractivity contribution in [1.82, 2.24) is 0 Å². The fourth-order valence-electron chi connectivity index (χ4n) is 3.16. The maximum absolute atomic E-state index is 14.7. The zero-order chi connectivity index (χ0) is 20.2. The highest BCUT2D eigenvalue weighted by Gasteiger charge is 2.29. The molecule has 0 aliphatic heterocycles. The van der Waals surface area contributed by atoms with E-state index in [1.54, 1.807) is 23.5 Å². The summed E-state index contributed by atoms with van der Waals surface area (Å²) in [7, 11) is 4.96. The average molecular weight is 494 g/mol. The molecule has 0 saturated carbocycles. The van der Waals surface area contributed by atoms with Crippen molar-refractivity contribution in [2.75, 3.05) is 0 Å². The smallest absolute Gasteiger partial charge is 0.197 e. The molecule has 2 N–H and O–H groups in total. The van der Waals surface area contributed by atoms with Crippen molar-refractivity contribution < 1.29 is 23.8 Å². The lowest BCUT2D eigenvalue weighted by Crippen LogP contribution is -2.35. The average Bonchev–Trinajstić information content (AvgIpc) is 3.02. The second kappa shape index (κ2) is 7.15. The predicted molar refractivity (Wildman–Crippen MR) is 118 cm³/mol. The van der Waals surface area contributed by atoms with Crippen LogP contribution in [0.25, 0.3) is 11.0 Å². The van der Waals surface area contributed by atoms with Crippen LogP contribution in [0.4, 0.5) is 4.39 Å². The largest absolute Gasteiger partial charge is 0.506 e. The van der Waals surface area contributed by atoms with E-state index in [0.29, 0.717) is 36.3 Å². The molecule has 2 aromatic carbocycles. The SMILES string of the molecule is Bc1c(F)c(B)c2c(C(=O)c3cc(Br)c(O)c(Br)c3)c(C(C)O)oc2c1B. The molecule has 0 aliphatic rings. The third-order valence-corrected chi connectivity index (χ3v) is 5.97. The van der Waals surface area contributed by atoms with Crippen molar-refractivity contribution in [3.63, 3.8) is 0 Å². The van der Waals surface area contributed by atoms with Crippen LogP contribution in [-0.4, -0.2) is 39.5 Å². The minimum atomic E-state index is -1.05. The van der Waals surface area contributed by atoms with Gasteiger partial charge < -0.3 is 14.6 Å². The van der Waals surface area contributed by atoms with Gasteiger partial charge in [-0.25, -0.2) is 4.39 Å². The molecule has 0 radical (unpaired) electrons. The standard InChI is InChI=1S/C17H14B3Br2FO4/c1-4(24)16-9(14(25)5-2-6(21)15(26)7(22)3-5)8-10(18)13(23)11(19)12(20)17(8)27-16/h2-4,24,26H,18-20H2,1H3. The van der Waals surface area contributed by atoms with Crippen molar-refractivity contribution >= 4 is 88.5 Å². The van der Waals surface area contributed by atoms with Crippen LogP contribution in [0.15, 0.2) is 25.5 Å². The number of aliphatic hydroxyl groups excluding tert-OH is 1. The number of phenolic OH excluding ortho intramolecular Hbond substituents is 1. The highest BCUT2D eigenvalue weighted by molar-refractivity contribution is 9.11. The topological polar surface area (TPSA) is 70.7 Å². The predicted octanol–water partition coefficient (Wildman–Crippen LogP) is -0.138.